The van der Waals surface area contributed by atoms with Gasteiger partial charge in [0.15, 0.2) is 0 Å². The van der Waals surface area contributed by atoms with E-state index < -0.39 is 7.82 Å². The van der Waals surface area contributed by atoms with E-state index in [1.165, 1.54) is 4.57 Å². The van der Waals surface area contributed by atoms with Crippen molar-refractivity contribution in [3.63, 3.8) is 0 Å². The standard InChI is InChI=1S/C6H11N2O4P/c1-3-8-4-5(2)7-6(8)12-13(9,10)11/h4H,3H2,1-2H3,(H2,9,10,11). The SMILES string of the molecule is CCn1cc(C)nc1OP(=O)(O)O. The van der Waals surface area contributed by atoms with Crippen LogP contribution in [0.25, 0.3) is 0 Å². The third kappa shape index (κ3) is 2.84. The normalized spacial score (nSPS) is 11.7. The van der Waals surface area contributed by atoms with Crippen molar-refractivity contribution in [2.24, 2.45) is 0 Å². The Balaban J connectivity index is 2.93. The van der Waals surface area contributed by atoms with Crippen molar-refractivity contribution in [2.75, 3.05) is 0 Å². The van der Waals surface area contributed by atoms with Crippen LogP contribution in [0.5, 0.6) is 6.01 Å². The first-order valence-corrected chi connectivity index (χ1v) is 5.24. The maximum Gasteiger partial charge on any atom is 0.527 e. The second kappa shape index (κ2) is 3.49. The number of phosphoric acid groups is 1. The van der Waals surface area contributed by atoms with Gasteiger partial charge in [0.2, 0.25) is 0 Å². The summed E-state index contributed by atoms with van der Waals surface area (Å²) in [6.45, 7) is 4.10. The number of rotatable bonds is 3. The minimum Gasteiger partial charge on any atom is -0.370 e. The molecule has 7 heteroatoms. The number of hydrogen-bond donors (Lipinski definition) is 2. The van der Waals surface area contributed by atoms with Crippen LogP contribution in [0.4, 0.5) is 0 Å². The number of aryl methyl sites for hydroxylation is 2. The molecule has 0 spiro atoms. The molecule has 0 aromatic carbocycles. The summed E-state index contributed by atoms with van der Waals surface area (Å²) in [6, 6.07) is -0.0478. The number of imidazole rings is 1. The first-order chi connectivity index (χ1) is 5.92. The maximum absolute atomic E-state index is 10.5. The predicted octanol–water partition coefficient (Wildman–Crippen LogP) is 0.683. The van der Waals surface area contributed by atoms with Crippen molar-refractivity contribution in [2.45, 2.75) is 20.4 Å². The highest BCUT2D eigenvalue weighted by molar-refractivity contribution is 7.46. The molecular formula is C6H11N2O4P. The van der Waals surface area contributed by atoms with Crippen LogP contribution in [0.3, 0.4) is 0 Å². The second-order valence-electron chi connectivity index (χ2n) is 2.53. The van der Waals surface area contributed by atoms with Gasteiger partial charge < -0.3 is 9.09 Å². The summed E-state index contributed by atoms with van der Waals surface area (Å²) in [5.41, 5.74) is 0.658. The molecule has 0 saturated carbocycles. The molecule has 0 aliphatic rings. The molecule has 0 atom stereocenters. The molecule has 0 radical (unpaired) electrons. The van der Waals surface area contributed by atoms with E-state index in [0.29, 0.717) is 12.2 Å². The van der Waals surface area contributed by atoms with Crippen LogP contribution in [-0.2, 0) is 11.1 Å². The van der Waals surface area contributed by atoms with E-state index in [2.05, 4.69) is 9.51 Å². The van der Waals surface area contributed by atoms with E-state index in [1.807, 2.05) is 6.92 Å². The fourth-order valence-corrected chi connectivity index (χ4v) is 1.29. The summed E-state index contributed by atoms with van der Waals surface area (Å²) in [7, 11) is -4.50. The van der Waals surface area contributed by atoms with Crippen LogP contribution in [0.15, 0.2) is 6.20 Å². The van der Waals surface area contributed by atoms with Gasteiger partial charge in [0.25, 0.3) is 0 Å². The Bertz CT molecular complexity index is 342. The molecule has 0 bridgehead atoms. The molecule has 13 heavy (non-hydrogen) atoms. The minimum absolute atomic E-state index is 0.0478. The Morgan fingerprint density at radius 1 is 1.69 bits per heavy atom. The van der Waals surface area contributed by atoms with Gasteiger partial charge in [-0.25, -0.2) is 9.55 Å². The van der Waals surface area contributed by atoms with E-state index in [0.717, 1.165) is 0 Å². The molecule has 0 amide bonds. The zero-order valence-electron chi connectivity index (χ0n) is 7.34. The quantitative estimate of drug-likeness (QED) is 0.710. The maximum atomic E-state index is 10.5. The van der Waals surface area contributed by atoms with E-state index in [1.54, 1.807) is 13.1 Å². The molecule has 0 saturated heterocycles. The molecule has 1 aromatic rings. The van der Waals surface area contributed by atoms with Gasteiger partial charge in [-0.2, -0.15) is 0 Å². The van der Waals surface area contributed by atoms with E-state index >= 15 is 0 Å². The first kappa shape index (κ1) is 10.2. The Morgan fingerprint density at radius 2 is 2.31 bits per heavy atom. The van der Waals surface area contributed by atoms with E-state index in [9.17, 15) is 4.57 Å². The van der Waals surface area contributed by atoms with Crippen LogP contribution in [0, 0.1) is 6.92 Å². The average Bonchev–Trinajstić information content (AvgIpc) is 2.27. The number of nitrogens with zero attached hydrogens (tertiary/aromatic N) is 2. The molecule has 1 aromatic heterocycles. The zero-order chi connectivity index (χ0) is 10.1. The number of phosphoric ester groups is 1. The summed E-state index contributed by atoms with van der Waals surface area (Å²) in [5, 5.41) is 0. The van der Waals surface area contributed by atoms with Crippen LogP contribution >= 0.6 is 7.82 Å². The Hall–Kier alpha value is -0.840. The van der Waals surface area contributed by atoms with Gasteiger partial charge in [-0.15, -0.1) is 0 Å². The highest BCUT2D eigenvalue weighted by atomic mass is 31.2. The van der Waals surface area contributed by atoms with Crippen LogP contribution in [0.2, 0.25) is 0 Å². The van der Waals surface area contributed by atoms with Gasteiger partial charge in [-0.3, -0.25) is 9.79 Å². The molecule has 74 valence electrons. The Morgan fingerprint density at radius 3 is 2.77 bits per heavy atom. The zero-order valence-corrected chi connectivity index (χ0v) is 8.23. The lowest BCUT2D eigenvalue weighted by atomic mass is 10.6. The molecule has 0 fully saturated rings. The van der Waals surface area contributed by atoms with Crippen LogP contribution in [-0.4, -0.2) is 19.3 Å². The van der Waals surface area contributed by atoms with Gasteiger partial charge in [0, 0.05) is 12.7 Å². The molecule has 0 aliphatic heterocycles. The van der Waals surface area contributed by atoms with Crippen molar-refractivity contribution in [3.05, 3.63) is 11.9 Å². The monoisotopic (exact) mass is 206 g/mol. The average molecular weight is 206 g/mol. The van der Waals surface area contributed by atoms with Crippen LogP contribution in [0.1, 0.15) is 12.6 Å². The largest absolute Gasteiger partial charge is 0.527 e. The third-order valence-corrected chi connectivity index (χ3v) is 1.80. The summed E-state index contributed by atoms with van der Waals surface area (Å²) in [4.78, 5) is 20.9. The van der Waals surface area contributed by atoms with Crippen LogP contribution < -0.4 is 4.52 Å². The van der Waals surface area contributed by atoms with Crippen molar-refractivity contribution in [3.8, 4) is 6.01 Å². The molecule has 0 aliphatic carbocycles. The summed E-state index contributed by atoms with van der Waals surface area (Å²) in [6.07, 6.45) is 1.66. The fourth-order valence-electron chi connectivity index (χ4n) is 0.930. The van der Waals surface area contributed by atoms with E-state index in [4.69, 9.17) is 9.79 Å². The molecule has 1 rings (SSSR count). The lowest BCUT2D eigenvalue weighted by Crippen LogP contribution is -1.99. The first-order valence-electron chi connectivity index (χ1n) is 3.71. The smallest absolute Gasteiger partial charge is 0.370 e. The van der Waals surface area contributed by atoms with Crippen molar-refractivity contribution < 1.29 is 18.9 Å². The molecular weight excluding hydrogens is 195 g/mol. The Labute approximate surface area is 75.4 Å². The van der Waals surface area contributed by atoms with Gasteiger partial charge in [0.05, 0.1) is 5.69 Å². The second-order valence-corrected chi connectivity index (χ2v) is 3.70. The molecule has 2 N–H and O–H groups in total. The predicted molar refractivity (Wildman–Crippen MR) is 45.3 cm³/mol. The van der Waals surface area contributed by atoms with Crippen molar-refractivity contribution in [1.29, 1.82) is 0 Å². The summed E-state index contributed by atoms with van der Waals surface area (Å²) in [5.74, 6) is 0. The molecule has 1 heterocycles. The molecule has 6 nitrogen and oxygen atoms in total. The van der Waals surface area contributed by atoms with Gasteiger partial charge >= 0.3 is 13.8 Å². The third-order valence-electron chi connectivity index (χ3n) is 1.40. The lowest BCUT2D eigenvalue weighted by Gasteiger charge is -2.06. The highest BCUT2D eigenvalue weighted by Crippen LogP contribution is 2.36. The topological polar surface area (TPSA) is 84.6 Å². The van der Waals surface area contributed by atoms with Gasteiger partial charge in [-0.1, -0.05) is 0 Å². The van der Waals surface area contributed by atoms with Gasteiger partial charge in [-0.05, 0) is 13.8 Å². The molecule has 0 unspecified atom stereocenters. The minimum atomic E-state index is -4.50. The Kier molecular flexibility index (Phi) is 2.75. The van der Waals surface area contributed by atoms with E-state index in [-0.39, 0.29) is 6.01 Å². The number of aromatic nitrogens is 2. The van der Waals surface area contributed by atoms with Crippen molar-refractivity contribution in [1.82, 2.24) is 9.55 Å². The summed E-state index contributed by atoms with van der Waals surface area (Å²) < 4.78 is 16.4. The highest BCUT2D eigenvalue weighted by Gasteiger charge is 2.19. The van der Waals surface area contributed by atoms with Crippen molar-refractivity contribution >= 4 is 7.82 Å². The number of hydrogen-bond acceptors (Lipinski definition) is 3. The summed E-state index contributed by atoms with van der Waals surface area (Å²) >= 11 is 0. The lowest BCUT2D eigenvalue weighted by molar-refractivity contribution is 0.270. The fraction of sp³-hybridized carbons (Fsp3) is 0.500. The van der Waals surface area contributed by atoms with Gasteiger partial charge in [0.1, 0.15) is 0 Å².